The Morgan fingerprint density at radius 2 is 1.83 bits per heavy atom. The summed E-state index contributed by atoms with van der Waals surface area (Å²) in [6, 6.07) is 15.6. The first-order valence-corrected chi connectivity index (χ1v) is 9.61. The number of nitrogens with zero attached hydrogens (tertiary/aromatic N) is 1. The van der Waals surface area contributed by atoms with Crippen LogP contribution in [0.25, 0.3) is 11.1 Å². The third-order valence-electron chi connectivity index (χ3n) is 3.85. The summed E-state index contributed by atoms with van der Waals surface area (Å²) in [5, 5.41) is 0. The van der Waals surface area contributed by atoms with Gasteiger partial charge in [0.25, 0.3) is 0 Å². The second-order valence-corrected chi connectivity index (χ2v) is 7.63. The molecule has 2 aromatic carbocycles. The molecule has 24 heavy (non-hydrogen) atoms. The van der Waals surface area contributed by atoms with Gasteiger partial charge in [-0.1, -0.05) is 36.4 Å². The van der Waals surface area contributed by atoms with Gasteiger partial charge in [0.2, 0.25) is 10.0 Å². The van der Waals surface area contributed by atoms with E-state index in [2.05, 4.69) is 9.71 Å². The van der Waals surface area contributed by atoms with E-state index in [9.17, 15) is 8.42 Å². The van der Waals surface area contributed by atoms with Gasteiger partial charge in [0.1, 0.15) is 5.52 Å². The molecule has 0 bridgehead atoms. The first-order valence-electron chi connectivity index (χ1n) is 7.96. The average Bonchev–Trinajstić information content (AvgIpc) is 3.03. The Labute approximate surface area is 141 Å². The predicted molar refractivity (Wildman–Crippen MR) is 94.3 cm³/mol. The number of benzene rings is 2. The number of hydrogen-bond acceptors (Lipinski definition) is 4. The van der Waals surface area contributed by atoms with Crippen LogP contribution in [-0.4, -0.2) is 25.7 Å². The number of aryl methyl sites for hydroxylation is 1. The van der Waals surface area contributed by atoms with Crippen LogP contribution in [0.15, 0.2) is 59.3 Å². The van der Waals surface area contributed by atoms with Crippen LogP contribution in [0.3, 0.4) is 0 Å². The van der Waals surface area contributed by atoms with Crippen LogP contribution in [0.4, 0.5) is 0 Å². The van der Waals surface area contributed by atoms with E-state index < -0.39 is 10.0 Å². The van der Waals surface area contributed by atoms with Crippen LogP contribution >= 0.6 is 0 Å². The second kappa shape index (κ2) is 7.59. The summed E-state index contributed by atoms with van der Waals surface area (Å²) in [5.41, 5.74) is 3.72. The summed E-state index contributed by atoms with van der Waals surface area (Å²) in [4.78, 5) is 4.10. The average molecular weight is 344 g/mol. The van der Waals surface area contributed by atoms with Crippen molar-refractivity contribution in [1.29, 1.82) is 0 Å². The summed E-state index contributed by atoms with van der Waals surface area (Å²) in [6.45, 7) is 0.386. The number of rotatable bonds is 8. The molecule has 0 unspecified atom stereocenters. The number of oxazole rings is 1. The molecule has 0 aliphatic carbocycles. The highest BCUT2D eigenvalue weighted by Gasteiger charge is 2.09. The van der Waals surface area contributed by atoms with Gasteiger partial charge in [0.15, 0.2) is 12.0 Å². The van der Waals surface area contributed by atoms with E-state index in [0.717, 1.165) is 28.6 Å². The van der Waals surface area contributed by atoms with Crippen molar-refractivity contribution in [2.24, 2.45) is 0 Å². The summed E-state index contributed by atoms with van der Waals surface area (Å²) >= 11 is 0. The van der Waals surface area contributed by atoms with E-state index in [1.54, 1.807) is 0 Å². The maximum absolute atomic E-state index is 12.0. The van der Waals surface area contributed by atoms with Gasteiger partial charge in [-0.3, -0.25) is 0 Å². The molecule has 6 heteroatoms. The second-order valence-electron chi connectivity index (χ2n) is 5.71. The van der Waals surface area contributed by atoms with Crippen LogP contribution < -0.4 is 4.72 Å². The molecule has 1 aromatic heterocycles. The third-order valence-corrected chi connectivity index (χ3v) is 5.32. The fourth-order valence-corrected chi connectivity index (χ4v) is 3.67. The van der Waals surface area contributed by atoms with E-state index in [0.29, 0.717) is 19.4 Å². The minimum atomic E-state index is -3.24. The Morgan fingerprint density at radius 1 is 1.00 bits per heavy atom. The van der Waals surface area contributed by atoms with Gasteiger partial charge in [-0.2, -0.15) is 0 Å². The first kappa shape index (κ1) is 16.7. The van der Waals surface area contributed by atoms with Crippen molar-refractivity contribution in [3.8, 4) is 0 Å². The van der Waals surface area contributed by atoms with Crippen molar-refractivity contribution in [3.63, 3.8) is 0 Å². The quantitative estimate of drug-likeness (QED) is 0.682. The van der Waals surface area contributed by atoms with Crippen molar-refractivity contribution in [2.45, 2.75) is 19.3 Å². The zero-order valence-electron chi connectivity index (χ0n) is 13.3. The molecule has 1 N–H and O–H groups in total. The lowest BCUT2D eigenvalue weighted by atomic mass is 10.1. The molecular weight excluding hydrogens is 324 g/mol. The molecule has 3 rings (SSSR count). The minimum Gasteiger partial charge on any atom is -0.443 e. The topological polar surface area (TPSA) is 72.2 Å². The molecule has 0 fully saturated rings. The van der Waals surface area contributed by atoms with Gasteiger partial charge >= 0.3 is 0 Å². The van der Waals surface area contributed by atoms with Crippen LogP contribution in [0.5, 0.6) is 0 Å². The Kier molecular flexibility index (Phi) is 5.27. The van der Waals surface area contributed by atoms with Crippen molar-refractivity contribution < 1.29 is 12.8 Å². The van der Waals surface area contributed by atoms with Gasteiger partial charge in [-0.15, -0.1) is 0 Å². The molecule has 0 saturated heterocycles. The number of nitrogens with one attached hydrogen (secondary N) is 1. The minimum absolute atomic E-state index is 0.143. The van der Waals surface area contributed by atoms with E-state index in [-0.39, 0.29) is 5.75 Å². The SMILES string of the molecule is O=S(=O)(CCCc1ccccc1)NCCc1ccc2ocnc2c1. The smallest absolute Gasteiger partial charge is 0.211 e. The Balaban J connectivity index is 1.44. The lowest BCUT2D eigenvalue weighted by Crippen LogP contribution is -2.28. The summed E-state index contributed by atoms with van der Waals surface area (Å²) in [7, 11) is -3.24. The standard InChI is InChI=1S/C18H20N2O3S/c21-24(22,12-4-7-15-5-2-1-3-6-15)20-11-10-16-8-9-18-17(13-16)19-14-23-18/h1-3,5-6,8-9,13-14,20H,4,7,10-12H2. The Hall–Kier alpha value is -2.18. The highest BCUT2D eigenvalue weighted by Crippen LogP contribution is 2.14. The van der Waals surface area contributed by atoms with Crippen molar-refractivity contribution in [1.82, 2.24) is 9.71 Å². The van der Waals surface area contributed by atoms with Crippen LogP contribution in [0.1, 0.15) is 17.5 Å². The third kappa shape index (κ3) is 4.66. The van der Waals surface area contributed by atoms with Crippen molar-refractivity contribution in [3.05, 3.63) is 66.1 Å². The number of sulfonamides is 1. The lowest BCUT2D eigenvalue weighted by Gasteiger charge is -2.07. The highest BCUT2D eigenvalue weighted by atomic mass is 32.2. The number of aromatic nitrogens is 1. The van der Waals surface area contributed by atoms with Gasteiger partial charge in [0, 0.05) is 6.54 Å². The predicted octanol–water partition coefficient (Wildman–Crippen LogP) is 2.92. The largest absolute Gasteiger partial charge is 0.443 e. The molecule has 0 aliphatic heterocycles. The van der Waals surface area contributed by atoms with Crippen molar-refractivity contribution in [2.75, 3.05) is 12.3 Å². The zero-order chi connectivity index (χ0) is 16.8. The molecule has 3 aromatic rings. The van der Waals surface area contributed by atoms with Gasteiger partial charge in [-0.25, -0.2) is 18.1 Å². The molecule has 0 saturated carbocycles. The zero-order valence-corrected chi connectivity index (χ0v) is 14.1. The Morgan fingerprint density at radius 3 is 2.67 bits per heavy atom. The fraction of sp³-hybridized carbons (Fsp3) is 0.278. The van der Waals surface area contributed by atoms with E-state index in [1.165, 1.54) is 6.39 Å². The van der Waals surface area contributed by atoms with Gasteiger partial charge in [0.05, 0.1) is 5.75 Å². The molecule has 0 radical (unpaired) electrons. The molecule has 1 heterocycles. The molecular formula is C18H20N2O3S. The summed E-state index contributed by atoms with van der Waals surface area (Å²) < 4.78 is 31.9. The van der Waals surface area contributed by atoms with E-state index >= 15 is 0 Å². The monoisotopic (exact) mass is 344 g/mol. The molecule has 0 aliphatic rings. The summed E-state index contributed by atoms with van der Waals surface area (Å²) in [5.74, 6) is 0.143. The number of fused-ring (bicyclic) bond motifs is 1. The highest BCUT2D eigenvalue weighted by molar-refractivity contribution is 7.89. The molecule has 126 valence electrons. The van der Waals surface area contributed by atoms with Gasteiger partial charge < -0.3 is 4.42 Å². The lowest BCUT2D eigenvalue weighted by molar-refractivity contribution is 0.578. The van der Waals surface area contributed by atoms with Crippen LogP contribution in [0.2, 0.25) is 0 Å². The Bertz CT molecular complexity index is 889. The molecule has 0 atom stereocenters. The first-order chi connectivity index (χ1) is 11.6. The fourth-order valence-electron chi connectivity index (χ4n) is 2.59. The molecule has 0 spiro atoms. The van der Waals surface area contributed by atoms with Crippen molar-refractivity contribution >= 4 is 21.1 Å². The maximum Gasteiger partial charge on any atom is 0.211 e. The summed E-state index contributed by atoms with van der Waals surface area (Å²) in [6.07, 6.45) is 3.42. The normalized spacial score (nSPS) is 11.8. The number of hydrogen-bond donors (Lipinski definition) is 1. The molecule has 5 nitrogen and oxygen atoms in total. The van der Waals surface area contributed by atoms with E-state index in [4.69, 9.17) is 4.42 Å². The maximum atomic E-state index is 12.0. The van der Waals surface area contributed by atoms with E-state index in [1.807, 2.05) is 48.5 Å². The van der Waals surface area contributed by atoms with Crippen LogP contribution in [-0.2, 0) is 22.9 Å². The van der Waals surface area contributed by atoms with Gasteiger partial charge in [-0.05, 0) is 42.5 Å². The van der Waals surface area contributed by atoms with Crippen LogP contribution in [0, 0.1) is 0 Å². The molecule has 0 amide bonds.